The molecule has 0 spiro atoms. The van der Waals surface area contributed by atoms with E-state index in [1.807, 2.05) is 25.1 Å². The minimum atomic E-state index is -0.170. The average Bonchev–Trinajstić information content (AvgIpc) is 2.69. The first-order chi connectivity index (χ1) is 13.2. The fourth-order valence-corrected chi connectivity index (χ4v) is 3.58. The number of hydrogen-bond donors (Lipinski definition) is 3. The molecule has 2 aliphatic heterocycles. The summed E-state index contributed by atoms with van der Waals surface area (Å²) in [5, 5.41) is 6.89. The highest BCUT2D eigenvalue weighted by molar-refractivity contribution is 5.73. The maximum Gasteiger partial charge on any atom is 0.263 e. The van der Waals surface area contributed by atoms with Gasteiger partial charge in [-0.3, -0.25) is 14.8 Å². The minimum absolute atomic E-state index is 0.170. The zero-order valence-corrected chi connectivity index (χ0v) is 15.6. The lowest BCUT2D eigenvalue weighted by atomic mass is 10.1. The molecule has 3 N–H and O–H groups in total. The zero-order chi connectivity index (χ0) is 18.6. The van der Waals surface area contributed by atoms with E-state index in [1.54, 1.807) is 0 Å². The Balaban J connectivity index is 1.74. The molecule has 2 aromatic rings. The van der Waals surface area contributed by atoms with Crippen LogP contribution in [-0.4, -0.2) is 60.4 Å². The molecule has 0 radical (unpaired) electrons. The predicted molar refractivity (Wildman–Crippen MR) is 105 cm³/mol. The lowest BCUT2D eigenvalue weighted by Crippen LogP contribution is -2.40. The van der Waals surface area contributed by atoms with E-state index in [2.05, 4.69) is 25.5 Å². The first-order valence-electron chi connectivity index (χ1n) is 9.59. The topological polar surface area (TPSA) is 95.2 Å². The number of ether oxygens (including phenoxy) is 1. The molecule has 0 bridgehead atoms. The molecular formula is C19H26N6O2. The molecule has 2 fully saturated rings. The van der Waals surface area contributed by atoms with E-state index in [4.69, 9.17) is 9.72 Å². The summed E-state index contributed by atoms with van der Waals surface area (Å²) in [6.45, 7) is 6.53. The van der Waals surface area contributed by atoms with Gasteiger partial charge in [0.25, 0.3) is 5.56 Å². The number of pyridine rings is 1. The molecule has 144 valence electrons. The molecule has 4 heterocycles. The first-order valence-corrected chi connectivity index (χ1v) is 9.59. The molecular weight excluding hydrogens is 344 g/mol. The van der Waals surface area contributed by atoms with Gasteiger partial charge in [0, 0.05) is 31.4 Å². The summed E-state index contributed by atoms with van der Waals surface area (Å²) < 4.78 is 5.41. The van der Waals surface area contributed by atoms with Crippen LogP contribution < -0.4 is 21.1 Å². The highest BCUT2D eigenvalue weighted by Gasteiger charge is 2.22. The number of H-pyrrole nitrogens is 1. The summed E-state index contributed by atoms with van der Waals surface area (Å²) in [5.41, 5.74) is 1.84. The van der Waals surface area contributed by atoms with Crippen molar-refractivity contribution in [3.63, 3.8) is 0 Å². The number of piperidine rings is 1. The normalized spacial score (nSPS) is 20.5. The van der Waals surface area contributed by atoms with E-state index in [1.165, 1.54) is 0 Å². The van der Waals surface area contributed by atoms with Gasteiger partial charge in [-0.25, -0.2) is 0 Å². The van der Waals surface area contributed by atoms with E-state index in [-0.39, 0.29) is 11.6 Å². The van der Waals surface area contributed by atoms with Gasteiger partial charge in [-0.2, -0.15) is 4.98 Å². The molecule has 0 aromatic carbocycles. The van der Waals surface area contributed by atoms with Crippen molar-refractivity contribution in [2.75, 3.05) is 49.6 Å². The molecule has 2 aromatic heterocycles. The van der Waals surface area contributed by atoms with Crippen molar-refractivity contribution in [2.45, 2.75) is 25.8 Å². The van der Waals surface area contributed by atoms with Crippen LogP contribution in [0.15, 0.2) is 23.0 Å². The van der Waals surface area contributed by atoms with Crippen molar-refractivity contribution in [1.29, 1.82) is 0 Å². The van der Waals surface area contributed by atoms with E-state index >= 15 is 0 Å². The summed E-state index contributed by atoms with van der Waals surface area (Å²) in [4.78, 5) is 27.4. The SMILES string of the molecule is Cc1cccc(-c2c(N[C@@H]3CCCNC3)nc(N3CCOCC3)[nH]c2=O)n1. The van der Waals surface area contributed by atoms with E-state index in [0.29, 0.717) is 36.2 Å². The summed E-state index contributed by atoms with van der Waals surface area (Å²) in [6, 6.07) is 5.94. The van der Waals surface area contributed by atoms with Gasteiger partial charge < -0.3 is 20.3 Å². The van der Waals surface area contributed by atoms with Crippen molar-refractivity contribution < 1.29 is 4.74 Å². The molecule has 2 aliphatic rings. The molecule has 27 heavy (non-hydrogen) atoms. The van der Waals surface area contributed by atoms with Crippen molar-refractivity contribution in [3.8, 4) is 11.3 Å². The van der Waals surface area contributed by atoms with Crippen LogP contribution in [0, 0.1) is 6.92 Å². The van der Waals surface area contributed by atoms with Gasteiger partial charge in [0.05, 0.1) is 18.9 Å². The van der Waals surface area contributed by atoms with Crippen LogP contribution in [0.3, 0.4) is 0 Å². The number of anilines is 2. The quantitative estimate of drug-likeness (QED) is 0.743. The van der Waals surface area contributed by atoms with Gasteiger partial charge in [0.15, 0.2) is 0 Å². The first kappa shape index (κ1) is 17.9. The second kappa shape index (κ2) is 8.06. The van der Waals surface area contributed by atoms with Crippen LogP contribution in [0.25, 0.3) is 11.3 Å². The number of aromatic nitrogens is 3. The largest absolute Gasteiger partial charge is 0.378 e. The average molecular weight is 370 g/mol. The number of nitrogens with one attached hydrogen (secondary N) is 3. The third kappa shape index (κ3) is 4.12. The predicted octanol–water partition coefficient (Wildman–Crippen LogP) is 1.14. The summed E-state index contributed by atoms with van der Waals surface area (Å²) >= 11 is 0. The molecule has 0 aliphatic carbocycles. The second-order valence-corrected chi connectivity index (χ2v) is 7.06. The lowest BCUT2D eigenvalue weighted by molar-refractivity contribution is 0.122. The summed E-state index contributed by atoms with van der Waals surface area (Å²) in [6.07, 6.45) is 2.16. The third-order valence-electron chi connectivity index (χ3n) is 5.00. The number of nitrogens with zero attached hydrogens (tertiary/aromatic N) is 3. The zero-order valence-electron chi connectivity index (χ0n) is 15.6. The van der Waals surface area contributed by atoms with E-state index in [0.717, 1.165) is 44.7 Å². The van der Waals surface area contributed by atoms with Crippen LogP contribution in [0.5, 0.6) is 0 Å². The van der Waals surface area contributed by atoms with Crippen LogP contribution in [0.2, 0.25) is 0 Å². The molecule has 2 saturated heterocycles. The Bertz CT molecular complexity index is 840. The van der Waals surface area contributed by atoms with Crippen LogP contribution in [0.4, 0.5) is 11.8 Å². The van der Waals surface area contributed by atoms with Gasteiger partial charge in [0.1, 0.15) is 11.4 Å². The van der Waals surface area contributed by atoms with Gasteiger partial charge in [-0.1, -0.05) is 6.07 Å². The number of rotatable bonds is 4. The summed E-state index contributed by atoms with van der Waals surface area (Å²) in [7, 11) is 0. The second-order valence-electron chi connectivity index (χ2n) is 7.06. The molecule has 4 rings (SSSR count). The van der Waals surface area contributed by atoms with Crippen molar-refractivity contribution in [3.05, 3.63) is 34.2 Å². The van der Waals surface area contributed by atoms with E-state index < -0.39 is 0 Å². The summed E-state index contributed by atoms with van der Waals surface area (Å²) in [5.74, 6) is 1.19. The Kier molecular flexibility index (Phi) is 5.35. The maximum absolute atomic E-state index is 13.0. The van der Waals surface area contributed by atoms with Gasteiger partial charge >= 0.3 is 0 Å². The number of hydrogen-bond acceptors (Lipinski definition) is 7. The Morgan fingerprint density at radius 1 is 1.26 bits per heavy atom. The van der Waals surface area contributed by atoms with Crippen molar-refractivity contribution >= 4 is 11.8 Å². The molecule has 8 heteroatoms. The minimum Gasteiger partial charge on any atom is -0.378 e. The highest BCUT2D eigenvalue weighted by Crippen LogP contribution is 2.25. The Morgan fingerprint density at radius 3 is 2.85 bits per heavy atom. The molecule has 1 atom stereocenters. The maximum atomic E-state index is 13.0. The Labute approximate surface area is 158 Å². The molecule has 8 nitrogen and oxygen atoms in total. The number of morpholine rings is 1. The molecule has 0 unspecified atom stereocenters. The Hall–Kier alpha value is -2.45. The van der Waals surface area contributed by atoms with Crippen molar-refractivity contribution in [2.24, 2.45) is 0 Å². The van der Waals surface area contributed by atoms with Gasteiger partial charge in [0.2, 0.25) is 5.95 Å². The molecule has 0 amide bonds. The molecule has 0 saturated carbocycles. The standard InChI is InChI=1S/C19H26N6O2/c1-13-4-2-6-15(21-13)16-17(22-14-5-3-7-20-12-14)23-19(24-18(16)26)25-8-10-27-11-9-25/h2,4,6,14,20H,3,5,7-12H2,1H3,(H2,22,23,24,26)/t14-/m1/s1. The number of aromatic amines is 1. The number of aryl methyl sites for hydroxylation is 1. The Morgan fingerprint density at radius 2 is 2.11 bits per heavy atom. The fraction of sp³-hybridized carbons (Fsp3) is 0.526. The van der Waals surface area contributed by atoms with Gasteiger partial charge in [-0.15, -0.1) is 0 Å². The fourth-order valence-electron chi connectivity index (χ4n) is 3.58. The van der Waals surface area contributed by atoms with Gasteiger partial charge in [-0.05, 0) is 38.4 Å². The lowest BCUT2D eigenvalue weighted by Gasteiger charge is -2.29. The van der Waals surface area contributed by atoms with Crippen molar-refractivity contribution in [1.82, 2.24) is 20.3 Å². The third-order valence-corrected chi connectivity index (χ3v) is 5.00. The monoisotopic (exact) mass is 370 g/mol. The van der Waals surface area contributed by atoms with Crippen LogP contribution in [-0.2, 0) is 4.74 Å². The smallest absolute Gasteiger partial charge is 0.263 e. The van der Waals surface area contributed by atoms with Crippen LogP contribution >= 0.6 is 0 Å². The highest BCUT2D eigenvalue weighted by atomic mass is 16.5. The van der Waals surface area contributed by atoms with E-state index in [9.17, 15) is 4.79 Å². The van der Waals surface area contributed by atoms with Crippen LogP contribution in [0.1, 0.15) is 18.5 Å².